The van der Waals surface area contributed by atoms with Gasteiger partial charge in [-0.15, -0.1) is 9.24 Å². The third kappa shape index (κ3) is 1.28. The number of rotatable bonds is 0. The zero-order valence-corrected chi connectivity index (χ0v) is 10.5. The van der Waals surface area contributed by atoms with E-state index in [1.165, 1.54) is 21.9 Å². The van der Waals surface area contributed by atoms with Crippen LogP contribution in [0.3, 0.4) is 0 Å². The molecule has 2 heteroatoms. The standard InChI is InChI=1S/C14H13OP/c1-8-3-5-10-11-6-4-9(2)14(16)13(11)15-12(10)7-8/h3-7H,16H2,1-2H3. The first kappa shape index (κ1) is 9.86. The second-order valence-corrected chi connectivity index (χ2v) is 4.85. The summed E-state index contributed by atoms with van der Waals surface area (Å²) >= 11 is 0. The second kappa shape index (κ2) is 3.33. The average Bonchev–Trinajstić information content (AvgIpc) is 2.62. The summed E-state index contributed by atoms with van der Waals surface area (Å²) in [5.74, 6) is 0. The fourth-order valence-corrected chi connectivity index (χ4v) is 2.38. The molecule has 0 saturated carbocycles. The summed E-state index contributed by atoms with van der Waals surface area (Å²) in [5.41, 5.74) is 4.44. The van der Waals surface area contributed by atoms with Crippen LogP contribution in [0.4, 0.5) is 0 Å². The van der Waals surface area contributed by atoms with E-state index in [9.17, 15) is 0 Å². The number of hydrogen-bond acceptors (Lipinski definition) is 1. The lowest BCUT2D eigenvalue weighted by atomic mass is 10.1. The summed E-state index contributed by atoms with van der Waals surface area (Å²) in [6.45, 7) is 4.18. The molecule has 1 unspecified atom stereocenters. The van der Waals surface area contributed by atoms with Gasteiger partial charge >= 0.3 is 0 Å². The van der Waals surface area contributed by atoms with E-state index >= 15 is 0 Å². The van der Waals surface area contributed by atoms with Crippen molar-refractivity contribution in [2.45, 2.75) is 13.8 Å². The summed E-state index contributed by atoms with van der Waals surface area (Å²) in [7, 11) is 2.77. The molecule has 1 nitrogen and oxygen atoms in total. The van der Waals surface area contributed by atoms with E-state index in [0.29, 0.717) is 0 Å². The van der Waals surface area contributed by atoms with E-state index in [-0.39, 0.29) is 0 Å². The fraction of sp³-hybridized carbons (Fsp3) is 0.143. The first-order valence-electron chi connectivity index (χ1n) is 5.35. The van der Waals surface area contributed by atoms with Gasteiger partial charge in [-0.1, -0.05) is 24.3 Å². The Balaban J connectivity index is 2.55. The highest BCUT2D eigenvalue weighted by Gasteiger charge is 2.09. The molecule has 1 heterocycles. The third-order valence-corrected chi connectivity index (χ3v) is 3.77. The van der Waals surface area contributed by atoms with Crippen molar-refractivity contribution in [2.24, 2.45) is 0 Å². The number of benzene rings is 2. The van der Waals surface area contributed by atoms with Crippen LogP contribution < -0.4 is 5.30 Å². The quantitative estimate of drug-likeness (QED) is 0.535. The molecule has 2 aromatic carbocycles. The van der Waals surface area contributed by atoms with Crippen molar-refractivity contribution in [1.82, 2.24) is 0 Å². The minimum atomic E-state index is 0.976. The Bertz CT molecular complexity index is 695. The van der Waals surface area contributed by atoms with E-state index in [4.69, 9.17) is 4.42 Å². The van der Waals surface area contributed by atoms with E-state index in [2.05, 4.69) is 53.4 Å². The summed E-state index contributed by atoms with van der Waals surface area (Å²) in [6.07, 6.45) is 0. The lowest BCUT2D eigenvalue weighted by Gasteiger charge is -1.98. The largest absolute Gasteiger partial charge is 0.455 e. The van der Waals surface area contributed by atoms with Gasteiger partial charge in [0, 0.05) is 16.1 Å². The first-order valence-corrected chi connectivity index (χ1v) is 5.92. The Labute approximate surface area is 96.6 Å². The summed E-state index contributed by atoms with van der Waals surface area (Å²) < 4.78 is 5.92. The predicted octanol–water partition coefficient (Wildman–Crippen LogP) is 3.70. The molecule has 80 valence electrons. The number of furan rings is 1. The molecule has 1 atom stereocenters. The third-order valence-electron chi connectivity index (χ3n) is 3.05. The van der Waals surface area contributed by atoms with E-state index in [1.54, 1.807) is 0 Å². The Hall–Kier alpha value is -1.33. The maximum atomic E-state index is 5.92. The van der Waals surface area contributed by atoms with Crippen molar-refractivity contribution in [3.63, 3.8) is 0 Å². The van der Waals surface area contributed by atoms with Crippen molar-refractivity contribution >= 4 is 36.5 Å². The zero-order valence-electron chi connectivity index (χ0n) is 9.37. The van der Waals surface area contributed by atoms with Crippen molar-refractivity contribution in [2.75, 3.05) is 0 Å². The van der Waals surface area contributed by atoms with Crippen molar-refractivity contribution in [3.8, 4) is 0 Å². The van der Waals surface area contributed by atoms with Gasteiger partial charge in [0.1, 0.15) is 11.2 Å². The van der Waals surface area contributed by atoms with Gasteiger partial charge in [-0.3, -0.25) is 0 Å². The van der Waals surface area contributed by atoms with Crippen LogP contribution in [0.5, 0.6) is 0 Å². The Kier molecular flexibility index (Phi) is 2.05. The minimum Gasteiger partial charge on any atom is -0.455 e. The predicted molar refractivity (Wildman–Crippen MR) is 72.5 cm³/mol. The van der Waals surface area contributed by atoms with Crippen molar-refractivity contribution in [3.05, 3.63) is 41.5 Å². The molecular weight excluding hydrogens is 215 g/mol. The Morgan fingerprint density at radius 2 is 1.75 bits per heavy atom. The van der Waals surface area contributed by atoms with Crippen molar-refractivity contribution < 1.29 is 4.42 Å². The van der Waals surface area contributed by atoms with Crippen LogP contribution in [0.2, 0.25) is 0 Å². The van der Waals surface area contributed by atoms with Crippen LogP contribution in [0.25, 0.3) is 21.9 Å². The topological polar surface area (TPSA) is 13.1 Å². The van der Waals surface area contributed by atoms with Gasteiger partial charge in [0.15, 0.2) is 0 Å². The molecule has 0 aliphatic rings. The van der Waals surface area contributed by atoms with Gasteiger partial charge in [0.2, 0.25) is 0 Å². The Morgan fingerprint density at radius 1 is 1.00 bits per heavy atom. The highest BCUT2D eigenvalue weighted by atomic mass is 31.0. The zero-order chi connectivity index (χ0) is 11.3. The molecule has 0 aliphatic carbocycles. The van der Waals surface area contributed by atoms with Crippen LogP contribution in [0.1, 0.15) is 11.1 Å². The van der Waals surface area contributed by atoms with Crippen LogP contribution in [0.15, 0.2) is 34.7 Å². The van der Waals surface area contributed by atoms with Gasteiger partial charge in [0.05, 0.1) is 0 Å². The summed E-state index contributed by atoms with van der Waals surface area (Å²) in [4.78, 5) is 0. The second-order valence-electron chi connectivity index (χ2n) is 4.27. The normalized spacial score (nSPS) is 11.4. The highest BCUT2D eigenvalue weighted by Crippen LogP contribution is 2.29. The number of hydrogen-bond donors (Lipinski definition) is 0. The van der Waals surface area contributed by atoms with E-state index in [1.807, 2.05) is 0 Å². The Morgan fingerprint density at radius 3 is 2.56 bits per heavy atom. The molecular formula is C14H13OP. The van der Waals surface area contributed by atoms with Crippen LogP contribution in [0, 0.1) is 13.8 Å². The van der Waals surface area contributed by atoms with Gasteiger partial charge in [0.25, 0.3) is 0 Å². The fourth-order valence-electron chi connectivity index (χ4n) is 2.07. The van der Waals surface area contributed by atoms with E-state index < -0.39 is 0 Å². The number of fused-ring (bicyclic) bond motifs is 3. The lowest BCUT2D eigenvalue weighted by molar-refractivity contribution is 0.671. The maximum Gasteiger partial charge on any atom is 0.142 e. The van der Waals surface area contributed by atoms with Gasteiger partial charge in [-0.05, 0) is 31.0 Å². The molecule has 0 N–H and O–H groups in total. The molecule has 0 bridgehead atoms. The lowest BCUT2D eigenvalue weighted by Crippen LogP contribution is -1.95. The smallest absolute Gasteiger partial charge is 0.142 e. The minimum absolute atomic E-state index is 0.976. The molecule has 0 amide bonds. The molecule has 0 fully saturated rings. The van der Waals surface area contributed by atoms with Gasteiger partial charge < -0.3 is 4.42 Å². The molecule has 16 heavy (non-hydrogen) atoms. The molecule has 0 spiro atoms. The molecule has 1 aromatic heterocycles. The molecule has 0 radical (unpaired) electrons. The van der Waals surface area contributed by atoms with Crippen LogP contribution in [-0.4, -0.2) is 0 Å². The summed E-state index contributed by atoms with van der Waals surface area (Å²) in [5, 5.41) is 3.56. The monoisotopic (exact) mass is 228 g/mol. The highest BCUT2D eigenvalue weighted by molar-refractivity contribution is 7.28. The SMILES string of the molecule is Cc1ccc2c(c1)oc1c(P)c(C)ccc12. The molecule has 3 aromatic rings. The maximum absolute atomic E-state index is 5.92. The first-order chi connectivity index (χ1) is 7.66. The van der Waals surface area contributed by atoms with Crippen LogP contribution >= 0.6 is 9.24 Å². The summed E-state index contributed by atoms with van der Waals surface area (Å²) in [6, 6.07) is 10.6. The van der Waals surface area contributed by atoms with Crippen LogP contribution in [-0.2, 0) is 0 Å². The molecule has 0 aliphatic heterocycles. The van der Waals surface area contributed by atoms with Crippen molar-refractivity contribution in [1.29, 1.82) is 0 Å². The molecule has 3 rings (SSSR count). The van der Waals surface area contributed by atoms with Gasteiger partial charge in [-0.25, -0.2) is 0 Å². The number of aryl methyl sites for hydroxylation is 2. The van der Waals surface area contributed by atoms with E-state index in [0.717, 1.165) is 16.5 Å². The molecule has 0 saturated heterocycles. The van der Waals surface area contributed by atoms with Gasteiger partial charge in [-0.2, -0.15) is 0 Å². The average molecular weight is 228 g/mol.